The molecule has 3 aromatic rings. The smallest absolute Gasteiger partial charge is 0.428 e. The van der Waals surface area contributed by atoms with Crippen LogP contribution in [-0.4, -0.2) is 29.6 Å². The van der Waals surface area contributed by atoms with E-state index < -0.39 is 42.2 Å². The van der Waals surface area contributed by atoms with Crippen LogP contribution in [0.2, 0.25) is 0 Å². The normalized spacial score (nSPS) is 14.9. The third-order valence-electron chi connectivity index (χ3n) is 6.66. The van der Waals surface area contributed by atoms with E-state index in [9.17, 15) is 31.9 Å². The van der Waals surface area contributed by atoms with Gasteiger partial charge < -0.3 is 15.2 Å². The molecule has 0 fully saturated rings. The number of aryl methyl sites for hydroxylation is 2. The first-order valence-corrected chi connectivity index (χ1v) is 12.5. The van der Waals surface area contributed by atoms with E-state index in [2.05, 4.69) is 10.1 Å². The number of halogens is 5. The fourth-order valence-corrected chi connectivity index (χ4v) is 4.54. The van der Waals surface area contributed by atoms with Gasteiger partial charge in [-0.05, 0) is 84.7 Å². The number of hydrogen-bond acceptors (Lipinski definition) is 3. The molecule has 0 heterocycles. The molecule has 0 bridgehead atoms. The van der Waals surface area contributed by atoms with Gasteiger partial charge in [-0.2, -0.15) is 17.6 Å². The van der Waals surface area contributed by atoms with Crippen molar-refractivity contribution in [2.24, 2.45) is 0 Å². The van der Waals surface area contributed by atoms with Crippen LogP contribution < -0.4 is 10.1 Å². The highest BCUT2D eigenvalue weighted by molar-refractivity contribution is 5.98. The van der Waals surface area contributed by atoms with Crippen molar-refractivity contribution in [3.8, 4) is 5.75 Å². The number of ether oxygens (including phenoxy) is 1. The number of allylic oxidation sites excluding steroid dienone is 1. The lowest BCUT2D eigenvalue weighted by atomic mass is 9.94. The fourth-order valence-electron chi connectivity index (χ4n) is 4.54. The van der Waals surface area contributed by atoms with Gasteiger partial charge in [0.25, 0.3) is 5.91 Å². The highest BCUT2D eigenvalue weighted by Gasteiger charge is 2.44. The van der Waals surface area contributed by atoms with Crippen LogP contribution in [0.5, 0.6) is 5.75 Å². The minimum atomic E-state index is -4.69. The molecule has 0 radical (unpaired) electrons. The lowest BCUT2D eigenvalue weighted by Crippen LogP contribution is -2.41. The van der Waals surface area contributed by atoms with E-state index in [1.54, 1.807) is 18.2 Å². The average molecular weight is 546 g/mol. The molecule has 0 spiro atoms. The molecule has 0 saturated heterocycles. The zero-order valence-electron chi connectivity index (χ0n) is 21.1. The monoisotopic (exact) mass is 545 g/mol. The molecule has 4 rings (SSSR count). The van der Waals surface area contributed by atoms with Gasteiger partial charge in [0.2, 0.25) is 0 Å². The molecular formula is C30H28F5NO3. The first kappa shape index (κ1) is 28.3. The van der Waals surface area contributed by atoms with E-state index in [0.717, 1.165) is 30.4 Å². The van der Waals surface area contributed by atoms with Crippen molar-refractivity contribution in [3.05, 3.63) is 106 Å². The molecule has 1 amide bonds. The van der Waals surface area contributed by atoms with Gasteiger partial charge in [0.15, 0.2) is 0 Å². The number of amides is 1. The Kier molecular flexibility index (Phi) is 8.70. The van der Waals surface area contributed by atoms with E-state index in [1.165, 1.54) is 43.3 Å². The summed E-state index contributed by atoms with van der Waals surface area (Å²) in [4.78, 5) is 13.5. The Morgan fingerprint density at radius 3 is 2.56 bits per heavy atom. The molecule has 0 saturated carbocycles. The van der Waals surface area contributed by atoms with E-state index in [4.69, 9.17) is 0 Å². The summed E-state index contributed by atoms with van der Waals surface area (Å²) in [5, 5.41) is 14.0. The van der Waals surface area contributed by atoms with Crippen LogP contribution in [0, 0.1) is 12.7 Å². The molecule has 4 nitrogen and oxygen atoms in total. The van der Waals surface area contributed by atoms with Gasteiger partial charge in [0, 0.05) is 5.56 Å². The predicted octanol–water partition coefficient (Wildman–Crippen LogP) is 6.80. The molecule has 1 aliphatic carbocycles. The number of alkyl halides is 4. The maximum atomic E-state index is 13.6. The highest BCUT2D eigenvalue weighted by atomic mass is 19.3. The van der Waals surface area contributed by atoms with Crippen molar-refractivity contribution in [1.29, 1.82) is 0 Å². The van der Waals surface area contributed by atoms with Gasteiger partial charge in [-0.3, -0.25) is 4.79 Å². The lowest BCUT2D eigenvalue weighted by molar-refractivity contribution is -0.253. The van der Waals surface area contributed by atoms with Gasteiger partial charge in [-0.15, -0.1) is 0 Å². The Bertz CT molecular complexity index is 1340. The van der Waals surface area contributed by atoms with E-state index in [0.29, 0.717) is 16.7 Å². The summed E-state index contributed by atoms with van der Waals surface area (Å²) in [5.74, 6) is -1.42. The second kappa shape index (κ2) is 12.0. The summed E-state index contributed by atoms with van der Waals surface area (Å²) in [6, 6.07) is 13.7. The fraction of sp³-hybridized carbons (Fsp3) is 0.300. The van der Waals surface area contributed by atoms with Crippen molar-refractivity contribution in [3.63, 3.8) is 0 Å². The molecular weight excluding hydrogens is 517 g/mol. The molecule has 2 atom stereocenters. The van der Waals surface area contributed by atoms with Crippen LogP contribution >= 0.6 is 0 Å². The molecule has 9 heteroatoms. The SMILES string of the molecule is Cc1ccc(CC(NC(=O)c2cccc3c2C=CCCC3)C(O)c2ccc(F)cc2)cc1OC(F)(F)C(F)F. The van der Waals surface area contributed by atoms with Gasteiger partial charge in [-0.1, -0.05) is 48.6 Å². The number of fused-ring (bicyclic) bond motifs is 1. The Balaban J connectivity index is 1.65. The Labute approximate surface area is 223 Å². The quantitative estimate of drug-likeness (QED) is 0.291. The number of aliphatic hydroxyl groups excluding tert-OH is 1. The predicted molar refractivity (Wildman–Crippen MR) is 137 cm³/mol. The number of carbonyl (C=O) groups is 1. The van der Waals surface area contributed by atoms with Crippen LogP contribution in [0.4, 0.5) is 22.0 Å². The van der Waals surface area contributed by atoms with Crippen LogP contribution in [0.25, 0.3) is 6.08 Å². The number of hydrogen-bond donors (Lipinski definition) is 2. The largest absolute Gasteiger partial charge is 0.461 e. The lowest BCUT2D eigenvalue weighted by Gasteiger charge is -2.26. The summed E-state index contributed by atoms with van der Waals surface area (Å²) >= 11 is 0. The summed E-state index contributed by atoms with van der Waals surface area (Å²) in [6.45, 7) is 1.43. The summed E-state index contributed by atoms with van der Waals surface area (Å²) in [6.07, 6.45) is -3.56. The van der Waals surface area contributed by atoms with Gasteiger partial charge >= 0.3 is 12.5 Å². The van der Waals surface area contributed by atoms with E-state index in [1.807, 2.05) is 18.2 Å². The van der Waals surface area contributed by atoms with Crippen LogP contribution in [0.3, 0.4) is 0 Å². The second-order valence-electron chi connectivity index (χ2n) is 9.52. The zero-order valence-corrected chi connectivity index (χ0v) is 21.1. The maximum Gasteiger partial charge on any atom is 0.461 e. The minimum absolute atomic E-state index is 0.0635. The zero-order chi connectivity index (χ0) is 28.2. The summed E-state index contributed by atoms with van der Waals surface area (Å²) < 4.78 is 70.5. The van der Waals surface area contributed by atoms with Crippen molar-refractivity contribution in [2.75, 3.05) is 0 Å². The third kappa shape index (κ3) is 6.84. The molecule has 3 aromatic carbocycles. The Morgan fingerprint density at radius 1 is 1.10 bits per heavy atom. The van der Waals surface area contributed by atoms with Crippen LogP contribution in [-0.2, 0) is 12.8 Å². The van der Waals surface area contributed by atoms with Gasteiger partial charge in [-0.25, -0.2) is 4.39 Å². The number of benzene rings is 3. The van der Waals surface area contributed by atoms with Crippen molar-refractivity contribution in [1.82, 2.24) is 5.32 Å². The molecule has 2 N–H and O–H groups in total. The summed E-state index contributed by atoms with van der Waals surface area (Å²) in [5.41, 5.74) is 3.08. The number of nitrogens with one attached hydrogen (secondary N) is 1. The molecule has 2 unspecified atom stereocenters. The second-order valence-corrected chi connectivity index (χ2v) is 9.52. The van der Waals surface area contributed by atoms with Gasteiger partial charge in [0.1, 0.15) is 11.6 Å². The maximum absolute atomic E-state index is 13.6. The van der Waals surface area contributed by atoms with Crippen molar-refractivity contribution >= 4 is 12.0 Å². The molecule has 206 valence electrons. The van der Waals surface area contributed by atoms with Crippen molar-refractivity contribution in [2.45, 2.75) is 57.3 Å². The minimum Gasteiger partial charge on any atom is -0.428 e. The third-order valence-corrected chi connectivity index (χ3v) is 6.66. The van der Waals surface area contributed by atoms with E-state index >= 15 is 0 Å². The van der Waals surface area contributed by atoms with Gasteiger partial charge in [0.05, 0.1) is 12.1 Å². The van der Waals surface area contributed by atoms with Crippen molar-refractivity contribution < 1.29 is 36.6 Å². The topological polar surface area (TPSA) is 58.6 Å². The molecule has 0 aromatic heterocycles. The first-order valence-electron chi connectivity index (χ1n) is 12.5. The highest BCUT2D eigenvalue weighted by Crippen LogP contribution is 2.31. The van der Waals surface area contributed by atoms with Crippen LogP contribution in [0.1, 0.15) is 57.1 Å². The Morgan fingerprint density at radius 2 is 1.85 bits per heavy atom. The van der Waals surface area contributed by atoms with Crippen LogP contribution in [0.15, 0.2) is 66.7 Å². The average Bonchev–Trinajstić information content (AvgIpc) is 3.15. The standard InChI is InChI=1S/C30H28F5NO3/c1-18-10-11-19(17-26(18)39-30(34,35)29(32)33)16-25(27(37)21-12-14-22(31)15-13-21)36-28(38)24-9-5-7-20-6-3-2-4-8-23(20)24/h4-5,7-15,17,25,27,29,37H,2-3,6,16H2,1H3,(H,36,38). The van der Waals surface area contributed by atoms with E-state index in [-0.39, 0.29) is 12.0 Å². The summed E-state index contributed by atoms with van der Waals surface area (Å²) in [7, 11) is 0. The number of carbonyl (C=O) groups excluding carboxylic acids is 1. The Hall–Kier alpha value is -3.72. The number of rotatable bonds is 9. The first-order chi connectivity index (χ1) is 18.5. The molecule has 0 aliphatic heterocycles. The number of aliphatic hydroxyl groups is 1. The molecule has 39 heavy (non-hydrogen) atoms. The molecule has 1 aliphatic rings.